The van der Waals surface area contributed by atoms with Gasteiger partial charge >= 0.3 is 6.18 Å². The second kappa shape index (κ2) is 8.14. The van der Waals surface area contributed by atoms with Gasteiger partial charge in [-0.05, 0) is 75.3 Å². The number of benzene rings is 1. The molecule has 4 nitrogen and oxygen atoms in total. The van der Waals surface area contributed by atoms with E-state index in [0.717, 1.165) is 25.0 Å². The molecule has 0 unspecified atom stereocenters. The van der Waals surface area contributed by atoms with Gasteiger partial charge in [0.1, 0.15) is 0 Å². The molecule has 2 saturated carbocycles. The minimum absolute atomic E-state index is 0.0763. The maximum atomic E-state index is 15.5. The average molecular weight is 450 g/mol. The maximum absolute atomic E-state index is 15.5. The molecule has 1 heterocycles. The van der Waals surface area contributed by atoms with E-state index in [0.29, 0.717) is 25.5 Å². The quantitative estimate of drug-likeness (QED) is 0.632. The summed E-state index contributed by atoms with van der Waals surface area (Å²) in [5, 5.41) is 9.85. The standard InChI is InChI=1S/C24H26F4N2O2/c1-22(32,24(26,27)28)17-7-5-16(6-8-17)21(31)30(18-9-10-18)19-11-13-23(25,14-12-19)20-4-2-3-15-29-20/h2-8,15,18-19,32H,9-14H2,1H3/t19-,22-,23-/m0/s1. The van der Waals surface area contributed by atoms with Gasteiger partial charge in [0.15, 0.2) is 11.3 Å². The van der Waals surface area contributed by atoms with Gasteiger partial charge in [-0.15, -0.1) is 0 Å². The first-order chi connectivity index (χ1) is 15.0. The Bertz CT molecular complexity index is 948. The Labute approximate surface area is 184 Å². The predicted molar refractivity (Wildman–Crippen MR) is 111 cm³/mol. The number of alkyl halides is 4. The fourth-order valence-electron chi connectivity index (χ4n) is 4.45. The monoisotopic (exact) mass is 450 g/mol. The number of pyridine rings is 1. The zero-order chi connectivity index (χ0) is 23.1. The fraction of sp³-hybridized carbons (Fsp3) is 0.500. The molecule has 172 valence electrons. The van der Waals surface area contributed by atoms with Crippen LogP contribution in [0.5, 0.6) is 0 Å². The van der Waals surface area contributed by atoms with Gasteiger partial charge in [-0.3, -0.25) is 9.78 Å². The smallest absolute Gasteiger partial charge is 0.376 e. The summed E-state index contributed by atoms with van der Waals surface area (Å²) in [5.74, 6) is -0.264. The van der Waals surface area contributed by atoms with Crippen molar-refractivity contribution in [3.8, 4) is 0 Å². The molecular weight excluding hydrogens is 424 g/mol. The zero-order valence-electron chi connectivity index (χ0n) is 17.8. The van der Waals surface area contributed by atoms with Crippen LogP contribution in [-0.2, 0) is 11.3 Å². The second-order valence-electron chi connectivity index (χ2n) is 9.00. The second-order valence-corrected chi connectivity index (χ2v) is 9.00. The third kappa shape index (κ3) is 4.25. The van der Waals surface area contributed by atoms with E-state index >= 15 is 4.39 Å². The molecule has 8 heteroatoms. The van der Waals surface area contributed by atoms with Gasteiger partial charge in [-0.1, -0.05) is 18.2 Å². The predicted octanol–water partition coefficient (Wildman–Crippen LogP) is 5.26. The Morgan fingerprint density at radius 3 is 2.12 bits per heavy atom. The van der Waals surface area contributed by atoms with Crippen LogP contribution in [0.1, 0.15) is 67.1 Å². The Balaban J connectivity index is 1.49. The first-order valence-electron chi connectivity index (χ1n) is 10.9. The summed E-state index contributed by atoms with van der Waals surface area (Å²) in [6, 6.07) is 10.1. The summed E-state index contributed by atoms with van der Waals surface area (Å²) in [6.07, 6.45) is -0.00648. The number of carbonyl (C=O) groups is 1. The number of aromatic nitrogens is 1. The SMILES string of the molecule is C[C@](O)(c1ccc(C(=O)N(C2CC2)[C@H]2CC[C@@](F)(c3ccccn3)CC2)cc1)C(F)(F)F. The summed E-state index contributed by atoms with van der Waals surface area (Å²) in [5.41, 5.74) is -4.16. The van der Waals surface area contributed by atoms with E-state index in [1.807, 2.05) is 0 Å². The van der Waals surface area contributed by atoms with Crippen LogP contribution in [0.2, 0.25) is 0 Å². The van der Waals surface area contributed by atoms with Crippen molar-refractivity contribution < 1.29 is 27.5 Å². The van der Waals surface area contributed by atoms with E-state index in [-0.39, 0.29) is 42.0 Å². The number of nitrogens with zero attached hydrogens (tertiary/aromatic N) is 2. The molecule has 0 bridgehead atoms. The molecule has 1 aromatic heterocycles. The van der Waals surface area contributed by atoms with Crippen molar-refractivity contribution in [2.75, 3.05) is 0 Å². The first kappa shape index (κ1) is 22.7. The molecule has 4 rings (SSSR count). The number of hydrogen-bond donors (Lipinski definition) is 1. The molecule has 1 N–H and O–H groups in total. The van der Waals surface area contributed by atoms with Crippen LogP contribution < -0.4 is 0 Å². The third-order valence-corrected chi connectivity index (χ3v) is 6.69. The summed E-state index contributed by atoms with van der Waals surface area (Å²) in [4.78, 5) is 19.2. The number of halogens is 4. The number of aliphatic hydroxyl groups is 1. The Morgan fingerprint density at radius 2 is 1.62 bits per heavy atom. The van der Waals surface area contributed by atoms with Gasteiger partial charge in [-0.25, -0.2) is 4.39 Å². The molecular formula is C24H26F4N2O2. The van der Waals surface area contributed by atoms with Gasteiger partial charge in [0, 0.05) is 23.8 Å². The molecule has 0 radical (unpaired) electrons. The lowest BCUT2D eigenvalue weighted by atomic mass is 9.80. The van der Waals surface area contributed by atoms with E-state index < -0.39 is 17.4 Å². The Kier molecular flexibility index (Phi) is 5.77. The number of hydrogen-bond acceptors (Lipinski definition) is 3. The van der Waals surface area contributed by atoms with Crippen LogP contribution >= 0.6 is 0 Å². The molecule has 0 saturated heterocycles. The summed E-state index contributed by atoms with van der Waals surface area (Å²) < 4.78 is 54.7. The van der Waals surface area contributed by atoms with Gasteiger partial charge in [0.05, 0.1) is 5.69 Å². The van der Waals surface area contributed by atoms with Crippen molar-refractivity contribution >= 4 is 5.91 Å². The largest absolute Gasteiger partial charge is 0.421 e. The van der Waals surface area contributed by atoms with E-state index in [9.17, 15) is 23.1 Å². The highest BCUT2D eigenvalue weighted by Crippen LogP contribution is 2.44. The number of amides is 1. The topological polar surface area (TPSA) is 53.4 Å². The fourth-order valence-corrected chi connectivity index (χ4v) is 4.45. The zero-order valence-corrected chi connectivity index (χ0v) is 17.8. The van der Waals surface area contributed by atoms with E-state index in [4.69, 9.17) is 0 Å². The minimum atomic E-state index is -4.83. The molecule has 2 aliphatic carbocycles. The normalized spacial score (nSPS) is 25.8. The summed E-state index contributed by atoms with van der Waals surface area (Å²) in [6.45, 7) is 0.688. The van der Waals surface area contributed by atoms with Crippen molar-refractivity contribution in [2.45, 2.75) is 75.0 Å². The minimum Gasteiger partial charge on any atom is -0.376 e. The molecule has 2 aromatic rings. The number of carbonyl (C=O) groups excluding carboxylic acids is 1. The van der Waals surface area contributed by atoms with Crippen LogP contribution in [0.25, 0.3) is 0 Å². The molecule has 0 aliphatic heterocycles. The molecule has 1 aromatic carbocycles. The number of rotatable bonds is 5. The third-order valence-electron chi connectivity index (χ3n) is 6.69. The highest BCUT2D eigenvalue weighted by Gasteiger charge is 2.51. The Morgan fingerprint density at radius 1 is 1.03 bits per heavy atom. The molecule has 0 spiro atoms. The van der Waals surface area contributed by atoms with Crippen LogP contribution in [0.4, 0.5) is 17.6 Å². The van der Waals surface area contributed by atoms with Crippen LogP contribution in [0.15, 0.2) is 48.7 Å². The van der Waals surface area contributed by atoms with E-state index in [1.54, 1.807) is 29.3 Å². The Hall–Kier alpha value is -2.48. The van der Waals surface area contributed by atoms with Crippen LogP contribution in [0, 0.1) is 0 Å². The van der Waals surface area contributed by atoms with Crippen molar-refractivity contribution in [3.05, 3.63) is 65.5 Å². The molecule has 2 aliphatic rings. The summed E-state index contributed by atoms with van der Waals surface area (Å²) in [7, 11) is 0. The molecule has 32 heavy (non-hydrogen) atoms. The van der Waals surface area contributed by atoms with Gasteiger partial charge < -0.3 is 10.0 Å². The van der Waals surface area contributed by atoms with Crippen molar-refractivity contribution in [1.29, 1.82) is 0 Å². The van der Waals surface area contributed by atoms with Gasteiger partial charge in [0.2, 0.25) is 0 Å². The summed E-state index contributed by atoms with van der Waals surface area (Å²) >= 11 is 0. The maximum Gasteiger partial charge on any atom is 0.421 e. The highest BCUT2D eigenvalue weighted by atomic mass is 19.4. The average Bonchev–Trinajstić information content (AvgIpc) is 3.60. The van der Waals surface area contributed by atoms with Crippen LogP contribution in [-0.4, -0.2) is 39.2 Å². The molecule has 1 amide bonds. The molecule has 1 atom stereocenters. The highest BCUT2D eigenvalue weighted by molar-refractivity contribution is 5.95. The van der Waals surface area contributed by atoms with Crippen molar-refractivity contribution in [2.24, 2.45) is 0 Å². The van der Waals surface area contributed by atoms with Crippen LogP contribution in [0.3, 0.4) is 0 Å². The van der Waals surface area contributed by atoms with Crippen molar-refractivity contribution in [3.63, 3.8) is 0 Å². The lowest BCUT2D eigenvalue weighted by Gasteiger charge is -2.39. The molecule has 2 fully saturated rings. The lowest BCUT2D eigenvalue weighted by molar-refractivity contribution is -0.258. The lowest BCUT2D eigenvalue weighted by Crippen LogP contribution is -2.46. The van der Waals surface area contributed by atoms with Crippen molar-refractivity contribution in [1.82, 2.24) is 9.88 Å². The van der Waals surface area contributed by atoms with E-state index in [2.05, 4.69) is 4.98 Å². The van der Waals surface area contributed by atoms with Gasteiger partial charge in [0.25, 0.3) is 5.91 Å². The van der Waals surface area contributed by atoms with E-state index in [1.165, 1.54) is 12.1 Å². The van der Waals surface area contributed by atoms with Gasteiger partial charge in [-0.2, -0.15) is 13.2 Å². The first-order valence-corrected chi connectivity index (χ1v) is 10.9.